The molecule has 0 amide bonds. The van der Waals surface area contributed by atoms with E-state index in [1.54, 1.807) is 6.92 Å². The minimum Gasteiger partial charge on any atom is -0.735 e. The maximum atomic E-state index is 11.6. The SMILES string of the molecule is CC1[C@H](COC[C@H]2C(CO)O[C@@H](CO)C(NS(=O)(=O)[O-])[C@H]2C)OC(C(=O)O)[C@H](CO)[C@@H]1C. The van der Waals surface area contributed by atoms with Gasteiger partial charge in [0.1, 0.15) is 0 Å². The predicted molar refractivity (Wildman–Crippen MR) is 108 cm³/mol. The summed E-state index contributed by atoms with van der Waals surface area (Å²) in [4.78, 5) is 11.6. The van der Waals surface area contributed by atoms with Crippen LogP contribution < -0.4 is 4.72 Å². The number of carbonyl (C=O) groups is 1. The van der Waals surface area contributed by atoms with E-state index in [1.807, 2.05) is 18.6 Å². The molecule has 2 aliphatic heterocycles. The molecule has 0 bridgehead atoms. The van der Waals surface area contributed by atoms with Crippen molar-refractivity contribution in [1.82, 2.24) is 4.72 Å². The van der Waals surface area contributed by atoms with Crippen LogP contribution in [0.2, 0.25) is 0 Å². The number of hydrogen-bond acceptors (Lipinski definition) is 10. The van der Waals surface area contributed by atoms with Crippen LogP contribution >= 0.6 is 0 Å². The average Bonchev–Trinajstić information content (AvgIpc) is 2.72. The summed E-state index contributed by atoms with van der Waals surface area (Å²) in [7, 11) is -4.81. The highest BCUT2D eigenvalue weighted by Gasteiger charge is 2.46. The molecule has 0 radical (unpaired) electrons. The van der Waals surface area contributed by atoms with Crippen molar-refractivity contribution in [3.63, 3.8) is 0 Å². The fraction of sp³-hybridized carbons (Fsp3) is 0.947. The molecule has 2 saturated heterocycles. The van der Waals surface area contributed by atoms with Gasteiger partial charge in [-0.05, 0) is 17.8 Å². The van der Waals surface area contributed by atoms with E-state index < -0.39 is 77.7 Å². The Kier molecular flexibility index (Phi) is 9.82. The van der Waals surface area contributed by atoms with Gasteiger partial charge in [0.25, 0.3) is 0 Å². The van der Waals surface area contributed by atoms with E-state index in [9.17, 15) is 38.2 Å². The molecular formula is C19H34NO11S-. The summed E-state index contributed by atoms with van der Waals surface area (Å²) < 4.78 is 52.7. The number of carboxylic acid groups (broad SMARTS) is 1. The predicted octanol–water partition coefficient (Wildman–Crippen LogP) is -1.84. The number of nitrogens with one attached hydrogen (secondary N) is 1. The smallest absolute Gasteiger partial charge is 0.333 e. The van der Waals surface area contributed by atoms with Crippen LogP contribution in [0, 0.1) is 29.6 Å². The van der Waals surface area contributed by atoms with Gasteiger partial charge in [-0.15, -0.1) is 0 Å². The van der Waals surface area contributed by atoms with E-state index in [4.69, 9.17) is 14.2 Å². The molecule has 2 rings (SSSR count). The van der Waals surface area contributed by atoms with Crippen LogP contribution in [0.1, 0.15) is 20.8 Å². The Bertz CT molecular complexity index is 720. The zero-order valence-electron chi connectivity index (χ0n) is 18.4. The first kappa shape index (κ1) is 27.3. The summed E-state index contributed by atoms with van der Waals surface area (Å²) >= 11 is 0. The van der Waals surface area contributed by atoms with E-state index in [0.29, 0.717) is 0 Å². The lowest BCUT2D eigenvalue weighted by Gasteiger charge is -2.46. The molecule has 2 fully saturated rings. The van der Waals surface area contributed by atoms with Crippen LogP contribution in [0.15, 0.2) is 0 Å². The highest BCUT2D eigenvalue weighted by atomic mass is 32.2. The summed E-state index contributed by atoms with van der Waals surface area (Å²) in [5.74, 6) is -2.97. The van der Waals surface area contributed by atoms with Gasteiger partial charge in [-0.2, -0.15) is 0 Å². The molecular weight excluding hydrogens is 450 g/mol. The van der Waals surface area contributed by atoms with Crippen molar-refractivity contribution in [2.75, 3.05) is 33.0 Å². The van der Waals surface area contributed by atoms with Crippen LogP contribution in [-0.4, -0.2) is 103 Å². The first-order valence-electron chi connectivity index (χ1n) is 10.6. The molecule has 0 saturated carbocycles. The van der Waals surface area contributed by atoms with Crippen molar-refractivity contribution in [2.24, 2.45) is 29.6 Å². The van der Waals surface area contributed by atoms with Crippen molar-refractivity contribution in [1.29, 1.82) is 0 Å². The van der Waals surface area contributed by atoms with E-state index >= 15 is 0 Å². The van der Waals surface area contributed by atoms with E-state index in [-0.39, 0.29) is 31.7 Å². The van der Waals surface area contributed by atoms with Crippen LogP contribution in [0.5, 0.6) is 0 Å². The van der Waals surface area contributed by atoms with Gasteiger partial charge in [-0.3, -0.25) is 0 Å². The summed E-state index contributed by atoms with van der Waals surface area (Å²) in [5.41, 5.74) is 0. The van der Waals surface area contributed by atoms with Gasteiger partial charge < -0.3 is 39.2 Å². The molecule has 0 aromatic rings. The van der Waals surface area contributed by atoms with Gasteiger partial charge in [0.2, 0.25) is 0 Å². The molecule has 13 heteroatoms. The summed E-state index contributed by atoms with van der Waals surface area (Å²) in [6.45, 7) is 4.19. The number of carboxylic acids is 1. The third-order valence-corrected chi connectivity index (χ3v) is 7.52. The number of rotatable bonds is 10. The average molecular weight is 485 g/mol. The normalized spacial score (nSPS) is 40.8. The molecule has 10 atom stereocenters. The molecule has 5 N–H and O–H groups in total. The van der Waals surface area contributed by atoms with E-state index in [1.165, 1.54) is 0 Å². The lowest BCUT2D eigenvalue weighted by Crippen LogP contribution is -2.60. The van der Waals surface area contributed by atoms with E-state index in [0.717, 1.165) is 0 Å². The van der Waals surface area contributed by atoms with Gasteiger partial charge in [0.15, 0.2) is 16.4 Å². The molecule has 0 spiro atoms. The summed E-state index contributed by atoms with van der Waals surface area (Å²) in [6, 6.07) is -1.01. The highest BCUT2D eigenvalue weighted by molar-refractivity contribution is 7.83. The zero-order valence-corrected chi connectivity index (χ0v) is 19.2. The van der Waals surface area contributed by atoms with Gasteiger partial charge in [0, 0.05) is 18.4 Å². The monoisotopic (exact) mass is 484 g/mol. The largest absolute Gasteiger partial charge is 0.735 e. The number of aliphatic hydroxyl groups excluding tert-OH is 3. The third kappa shape index (κ3) is 6.36. The number of aliphatic carboxylic acids is 1. The molecule has 12 nitrogen and oxygen atoms in total. The van der Waals surface area contributed by atoms with Crippen LogP contribution in [0.25, 0.3) is 0 Å². The maximum Gasteiger partial charge on any atom is 0.333 e. The number of ether oxygens (including phenoxy) is 3. The molecule has 2 aliphatic rings. The molecule has 0 aliphatic carbocycles. The lowest BCUT2D eigenvalue weighted by atomic mass is 9.76. The Morgan fingerprint density at radius 3 is 2.03 bits per heavy atom. The van der Waals surface area contributed by atoms with Gasteiger partial charge in [-0.25, -0.2) is 17.9 Å². The minimum absolute atomic E-state index is 0.0176. The number of hydrogen-bond donors (Lipinski definition) is 5. The van der Waals surface area contributed by atoms with E-state index in [2.05, 4.69) is 0 Å². The van der Waals surface area contributed by atoms with Crippen LogP contribution in [0.4, 0.5) is 0 Å². The van der Waals surface area contributed by atoms with Gasteiger partial charge in [-0.1, -0.05) is 20.8 Å². The fourth-order valence-electron chi connectivity index (χ4n) is 4.73. The second kappa shape index (κ2) is 11.5. The van der Waals surface area contributed by atoms with Crippen molar-refractivity contribution in [3.8, 4) is 0 Å². The first-order chi connectivity index (χ1) is 14.9. The highest BCUT2D eigenvalue weighted by Crippen LogP contribution is 2.36. The lowest BCUT2D eigenvalue weighted by molar-refractivity contribution is -0.198. The standard InChI is InChI=1S/C19H35NO11S/c1-9-10(2)16(31-18(19(24)25)12(9)4-21)8-29-7-13-11(3)17(20-32(26,27)28)15(6-23)30-14(13)5-22/h9-18,20-23H,4-8H2,1-3H3,(H,24,25)(H,26,27,28)/p-1/t9-,10?,11+,12-,13-,14?,15+,16+,17?,18?/m1/s1. The molecule has 0 aromatic heterocycles. The minimum atomic E-state index is -4.81. The Labute approximate surface area is 187 Å². The Morgan fingerprint density at radius 2 is 1.53 bits per heavy atom. The Morgan fingerprint density at radius 1 is 0.906 bits per heavy atom. The zero-order chi connectivity index (χ0) is 24.2. The van der Waals surface area contributed by atoms with Crippen LogP contribution in [0.3, 0.4) is 0 Å². The second-order valence-corrected chi connectivity index (χ2v) is 9.88. The third-order valence-electron chi connectivity index (χ3n) is 6.96. The molecule has 188 valence electrons. The second-order valence-electron chi connectivity index (χ2n) is 8.73. The molecule has 2 heterocycles. The molecule has 4 unspecified atom stereocenters. The van der Waals surface area contributed by atoms with Crippen molar-refractivity contribution in [3.05, 3.63) is 0 Å². The number of aliphatic hydroxyl groups is 3. The Hall–Kier alpha value is -0.900. The summed E-state index contributed by atoms with van der Waals surface area (Å²) in [5, 5.41) is 38.2. The quantitative estimate of drug-likeness (QED) is 0.219. The Balaban J connectivity index is 2.06. The van der Waals surface area contributed by atoms with Gasteiger partial charge >= 0.3 is 5.97 Å². The van der Waals surface area contributed by atoms with Crippen molar-refractivity contribution in [2.45, 2.75) is 51.2 Å². The van der Waals surface area contributed by atoms with Crippen LogP contribution in [-0.2, 0) is 29.3 Å². The summed E-state index contributed by atoms with van der Waals surface area (Å²) in [6.07, 6.45) is -3.48. The topological polar surface area (TPSA) is 195 Å². The maximum absolute atomic E-state index is 11.6. The van der Waals surface area contributed by atoms with Gasteiger partial charge in [0.05, 0.1) is 50.8 Å². The van der Waals surface area contributed by atoms with Crippen molar-refractivity contribution >= 4 is 16.3 Å². The molecule has 32 heavy (non-hydrogen) atoms. The molecule has 0 aromatic carbocycles. The van der Waals surface area contributed by atoms with Crippen molar-refractivity contribution < 1.29 is 52.4 Å². The fourth-order valence-corrected chi connectivity index (χ4v) is 5.43. The first-order valence-corrected chi connectivity index (χ1v) is 12.0.